The van der Waals surface area contributed by atoms with Gasteiger partial charge in [0.15, 0.2) is 0 Å². The first-order valence-corrected chi connectivity index (χ1v) is 7.65. The minimum absolute atomic E-state index is 0.0204. The third-order valence-electron chi connectivity index (χ3n) is 3.58. The first-order valence-electron chi connectivity index (χ1n) is 7.65. The molecular weight excluding hydrogens is 321 g/mol. The van der Waals surface area contributed by atoms with E-state index in [0.29, 0.717) is 17.8 Å². The van der Waals surface area contributed by atoms with Crippen LogP contribution in [-0.2, 0) is 6.54 Å². The monoisotopic (exact) mass is 337 g/mol. The molecule has 2 aromatic carbocycles. The molecule has 0 bridgehead atoms. The maximum absolute atomic E-state index is 13.3. The highest BCUT2D eigenvalue weighted by molar-refractivity contribution is 6.08. The lowest BCUT2D eigenvalue weighted by Gasteiger charge is -2.13. The number of carbonyl (C=O) groups is 1. The van der Waals surface area contributed by atoms with Gasteiger partial charge in [-0.1, -0.05) is 18.2 Å². The summed E-state index contributed by atoms with van der Waals surface area (Å²) in [5.74, 6) is -1.19. The predicted molar refractivity (Wildman–Crippen MR) is 94.0 cm³/mol. The minimum Gasteiger partial charge on any atom is -0.506 e. The third kappa shape index (κ3) is 4.11. The van der Waals surface area contributed by atoms with Gasteiger partial charge >= 0.3 is 0 Å². The lowest BCUT2D eigenvalue weighted by molar-refractivity contribution is 0.102. The van der Waals surface area contributed by atoms with Crippen molar-refractivity contribution in [2.45, 2.75) is 6.54 Å². The molecule has 126 valence electrons. The van der Waals surface area contributed by atoms with E-state index in [1.807, 2.05) is 18.2 Å². The van der Waals surface area contributed by atoms with Gasteiger partial charge in [0.25, 0.3) is 5.91 Å². The number of rotatable bonds is 5. The van der Waals surface area contributed by atoms with Gasteiger partial charge in [0.05, 0.1) is 11.3 Å². The zero-order valence-electron chi connectivity index (χ0n) is 13.2. The summed E-state index contributed by atoms with van der Waals surface area (Å²) in [5, 5.41) is 15.5. The number of carbonyl (C=O) groups excluding carboxylic acids is 1. The molecule has 6 heteroatoms. The standard InChI is InChI=1S/C19H16FN3O2/c20-14-7-8-18(24)17(10-14)23-19(25)15-5-1-2-6-16(15)22-12-13-4-3-9-21-11-13/h1-11,22,24H,12H2,(H,23,25). The molecular formula is C19H16FN3O2. The van der Waals surface area contributed by atoms with E-state index in [9.17, 15) is 14.3 Å². The van der Waals surface area contributed by atoms with Gasteiger partial charge in [-0.05, 0) is 35.9 Å². The van der Waals surface area contributed by atoms with Crippen LogP contribution in [-0.4, -0.2) is 16.0 Å². The smallest absolute Gasteiger partial charge is 0.257 e. The lowest BCUT2D eigenvalue weighted by atomic mass is 10.1. The van der Waals surface area contributed by atoms with Crippen molar-refractivity contribution in [1.29, 1.82) is 0 Å². The molecule has 25 heavy (non-hydrogen) atoms. The van der Waals surface area contributed by atoms with E-state index >= 15 is 0 Å². The van der Waals surface area contributed by atoms with E-state index in [4.69, 9.17) is 0 Å². The van der Waals surface area contributed by atoms with Crippen LogP contribution in [0.15, 0.2) is 67.0 Å². The van der Waals surface area contributed by atoms with Crippen LogP contribution in [0.2, 0.25) is 0 Å². The van der Waals surface area contributed by atoms with Gasteiger partial charge in [-0.2, -0.15) is 0 Å². The van der Waals surface area contributed by atoms with Crippen molar-refractivity contribution < 1.29 is 14.3 Å². The Morgan fingerprint density at radius 3 is 2.72 bits per heavy atom. The molecule has 3 N–H and O–H groups in total. The van der Waals surface area contributed by atoms with Crippen molar-refractivity contribution in [3.63, 3.8) is 0 Å². The fourth-order valence-electron chi connectivity index (χ4n) is 2.33. The second kappa shape index (κ2) is 7.44. The topological polar surface area (TPSA) is 74.2 Å². The summed E-state index contributed by atoms with van der Waals surface area (Å²) in [6.07, 6.45) is 3.43. The maximum Gasteiger partial charge on any atom is 0.257 e. The van der Waals surface area contributed by atoms with E-state index in [-0.39, 0.29) is 11.4 Å². The number of phenolic OH excluding ortho intramolecular Hbond substituents is 1. The van der Waals surface area contributed by atoms with Gasteiger partial charge in [0, 0.05) is 30.7 Å². The van der Waals surface area contributed by atoms with Crippen LogP contribution in [0, 0.1) is 5.82 Å². The molecule has 0 aliphatic heterocycles. The van der Waals surface area contributed by atoms with Crippen molar-refractivity contribution in [2.75, 3.05) is 10.6 Å². The SMILES string of the molecule is O=C(Nc1cc(F)ccc1O)c1ccccc1NCc1cccnc1. The van der Waals surface area contributed by atoms with Crippen molar-refractivity contribution >= 4 is 17.3 Å². The van der Waals surface area contributed by atoms with Crippen LogP contribution < -0.4 is 10.6 Å². The zero-order chi connectivity index (χ0) is 17.6. The highest BCUT2D eigenvalue weighted by atomic mass is 19.1. The molecule has 3 rings (SSSR count). The van der Waals surface area contributed by atoms with E-state index < -0.39 is 11.7 Å². The number of nitrogens with zero attached hydrogens (tertiary/aromatic N) is 1. The molecule has 0 aliphatic carbocycles. The van der Waals surface area contributed by atoms with Crippen molar-refractivity contribution in [3.8, 4) is 5.75 Å². The first-order chi connectivity index (χ1) is 12.1. The normalized spacial score (nSPS) is 10.3. The summed E-state index contributed by atoms with van der Waals surface area (Å²) in [5.41, 5.74) is 2.00. The summed E-state index contributed by atoms with van der Waals surface area (Å²) in [4.78, 5) is 16.6. The van der Waals surface area contributed by atoms with Crippen LogP contribution in [0.4, 0.5) is 15.8 Å². The molecule has 0 saturated heterocycles. The van der Waals surface area contributed by atoms with Crippen LogP contribution in [0.3, 0.4) is 0 Å². The predicted octanol–water partition coefficient (Wildman–Crippen LogP) is 3.79. The average molecular weight is 337 g/mol. The molecule has 0 atom stereocenters. The van der Waals surface area contributed by atoms with E-state index in [1.165, 1.54) is 6.07 Å². The number of hydrogen-bond donors (Lipinski definition) is 3. The number of aromatic nitrogens is 1. The Hall–Kier alpha value is -3.41. The van der Waals surface area contributed by atoms with Gasteiger partial charge in [0.1, 0.15) is 11.6 Å². The van der Waals surface area contributed by atoms with Crippen LogP contribution >= 0.6 is 0 Å². The quantitative estimate of drug-likeness (QED) is 0.619. The van der Waals surface area contributed by atoms with Crippen LogP contribution in [0.5, 0.6) is 5.75 Å². The fourth-order valence-corrected chi connectivity index (χ4v) is 2.33. The van der Waals surface area contributed by atoms with E-state index in [2.05, 4.69) is 15.6 Å². The summed E-state index contributed by atoms with van der Waals surface area (Å²) in [6.45, 7) is 0.503. The summed E-state index contributed by atoms with van der Waals surface area (Å²) >= 11 is 0. The molecule has 0 spiro atoms. The third-order valence-corrected chi connectivity index (χ3v) is 3.58. The highest BCUT2D eigenvalue weighted by Crippen LogP contribution is 2.25. The van der Waals surface area contributed by atoms with Gasteiger partial charge in [-0.3, -0.25) is 9.78 Å². The second-order valence-electron chi connectivity index (χ2n) is 5.38. The number of amides is 1. The minimum atomic E-state index is -0.545. The Balaban J connectivity index is 1.77. The van der Waals surface area contributed by atoms with Gasteiger partial charge < -0.3 is 15.7 Å². The van der Waals surface area contributed by atoms with Gasteiger partial charge in [-0.25, -0.2) is 4.39 Å². The molecule has 0 fully saturated rings. The Morgan fingerprint density at radius 1 is 1.08 bits per heavy atom. The largest absolute Gasteiger partial charge is 0.506 e. The zero-order valence-corrected chi connectivity index (χ0v) is 13.2. The first kappa shape index (κ1) is 16.4. The highest BCUT2D eigenvalue weighted by Gasteiger charge is 2.13. The second-order valence-corrected chi connectivity index (χ2v) is 5.38. The molecule has 0 aliphatic rings. The van der Waals surface area contributed by atoms with E-state index in [0.717, 1.165) is 17.7 Å². The number of phenols is 1. The Morgan fingerprint density at radius 2 is 1.92 bits per heavy atom. The summed E-state index contributed by atoms with van der Waals surface area (Å²) in [7, 11) is 0. The number of benzene rings is 2. The van der Waals surface area contributed by atoms with Gasteiger partial charge in [-0.15, -0.1) is 0 Å². The number of aromatic hydroxyl groups is 1. The van der Waals surface area contributed by atoms with Crippen LogP contribution in [0.25, 0.3) is 0 Å². The molecule has 1 amide bonds. The number of nitrogens with one attached hydrogen (secondary N) is 2. The molecule has 1 heterocycles. The molecule has 5 nitrogen and oxygen atoms in total. The molecule has 3 aromatic rings. The molecule has 1 aromatic heterocycles. The molecule has 0 saturated carbocycles. The number of halogens is 1. The summed E-state index contributed by atoms with van der Waals surface area (Å²) in [6, 6.07) is 14.1. The fraction of sp³-hybridized carbons (Fsp3) is 0.0526. The van der Waals surface area contributed by atoms with Crippen molar-refractivity contribution in [1.82, 2.24) is 4.98 Å². The van der Waals surface area contributed by atoms with Crippen molar-refractivity contribution in [3.05, 3.63) is 83.9 Å². The molecule has 0 radical (unpaired) electrons. The Labute approximate surface area is 144 Å². The average Bonchev–Trinajstić information content (AvgIpc) is 2.64. The summed E-state index contributed by atoms with van der Waals surface area (Å²) < 4.78 is 13.3. The lowest BCUT2D eigenvalue weighted by Crippen LogP contribution is -2.15. The molecule has 0 unspecified atom stereocenters. The Bertz CT molecular complexity index is 885. The van der Waals surface area contributed by atoms with Gasteiger partial charge in [0.2, 0.25) is 0 Å². The van der Waals surface area contributed by atoms with E-state index in [1.54, 1.807) is 30.6 Å². The number of pyridine rings is 1. The van der Waals surface area contributed by atoms with Crippen LogP contribution in [0.1, 0.15) is 15.9 Å². The van der Waals surface area contributed by atoms with Crippen molar-refractivity contribution in [2.24, 2.45) is 0 Å². The number of para-hydroxylation sites is 1. The maximum atomic E-state index is 13.3. The number of anilines is 2. The Kier molecular flexibility index (Phi) is 4.89. The number of hydrogen-bond acceptors (Lipinski definition) is 4.